The zero-order valence-electron chi connectivity index (χ0n) is 18.1. The first kappa shape index (κ1) is 20.7. The van der Waals surface area contributed by atoms with E-state index in [4.69, 9.17) is 4.74 Å². The fourth-order valence-corrected chi connectivity index (χ4v) is 3.90. The number of methoxy groups -OCH3 is 1. The molecule has 0 saturated heterocycles. The number of carbonyl (C=O) groups excluding carboxylic acids is 1. The Bertz CT molecular complexity index is 1180. The van der Waals surface area contributed by atoms with E-state index >= 15 is 0 Å². The molecule has 4 rings (SSSR count). The molecular formula is C27H28N2O2. The highest BCUT2D eigenvalue weighted by atomic mass is 16.5. The SMILES string of the molecule is COc1ccc(CNC(=O)CCc2cn(Cc3ccccc3C)c3ccccc23)cc1. The van der Waals surface area contributed by atoms with Gasteiger partial charge in [0.2, 0.25) is 5.91 Å². The Morgan fingerprint density at radius 1 is 0.935 bits per heavy atom. The van der Waals surface area contributed by atoms with Gasteiger partial charge in [-0.15, -0.1) is 0 Å². The zero-order chi connectivity index (χ0) is 21.6. The summed E-state index contributed by atoms with van der Waals surface area (Å²) < 4.78 is 7.47. The third kappa shape index (κ3) is 4.97. The minimum absolute atomic E-state index is 0.0616. The molecule has 0 aliphatic rings. The van der Waals surface area contributed by atoms with E-state index in [1.54, 1.807) is 7.11 Å². The molecule has 0 saturated carbocycles. The summed E-state index contributed by atoms with van der Waals surface area (Å²) in [5.41, 5.74) is 6.08. The lowest BCUT2D eigenvalue weighted by atomic mass is 10.1. The summed E-state index contributed by atoms with van der Waals surface area (Å²) in [6.07, 6.45) is 3.39. The van der Waals surface area contributed by atoms with E-state index in [0.717, 1.165) is 24.3 Å². The van der Waals surface area contributed by atoms with Crippen LogP contribution in [-0.2, 0) is 24.3 Å². The van der Waals surface area contributed by atoms with Crippen molar-refractivity contribution in [3.8, 4) is 5.75 Å². The summed E-state index contributed by atoms with van der Waals surface area (Å²) in [5, 5.41) is 4.24. The number of fused-ring (bicyclic) bond motifs is 1. The van der Waals surface area contributed by atoms with Crippen LogP contribution >= 0.6 is 0 Å². The fourth-order valence-electron chi connectivity index (χ4n) is 3.90. The van der Waals surface area contributed by atoms with Crippen molar-refractivity contribution in [2.24, 2.45) is 0 Å². The molecule has 1 heterocycles. The van der Waals surface area contributed by atoms with Crippen LogP contribution in [0.25, 0.3) is 10.9 Å². The second kappa shape index (κ2) is 9.52. The molecule has 4 aromatic rings. The smallest absolute Gasteiger partial charge is 0.220 e. The minimum atomic E-state index is 0.0616. The Morgan fingerprint density at radius 3 is 2.45 bits per heavy atom. The lowest BCUT2D eigenvalue weighted by molar-refractivity contribution is -0.121. The van der Waals surface area contributed by atoms with Crippen LogP contribution < -0.4 is 10.1 Å². The average Bonchev–Trinajstić information content (AvgIpc) is 3.15. The van der Waals surface area contributed by atoms with E-state index in [2.05, 4.69) is 71.5 Å². The Kier molecular flexibility index (Phi) is 6.37. The van der Waals surface area contributed by atoms with Crippen LogP contribution in [0.5, 0.6) is 5.75 Å². The van der Waals surface area contributed by atoms with E-state index in [1.165, 1.54) is 27.6 Å². The molecule has 0 bridgehead atoms. The molecule has 158 valence electrons. The number of hydrogen-bond acceptors (Lipinski definition) is 2. The largest absolute Gasteiger partial charge is 0.497 e. The molecule has 0 radical (unpaired) electrons. The zero-order valence-corrected chi connectivity index (χ0v) is 18.1. The number of benzene rings is 3. The second-order valence-corrected chi connectivity index (χ2v) is 7.85. The van der Waals surface area contributed by atoms with Crippen LogP contribution in [0.15, 0.2) is 79.0 Å². The molecule has 0 unspecified atom stereocenters. The Labute approximate surface area is 183 Å². The van der Waals surface area contributed by atoms with Crippen LogP contribution in [0.4, 0.5) is 0 Å². The van der Waals surface area contributed by atoms with Crippen LogP contribution in [0, 0.1) is 6.92 Å². The normalized spacial score (nSPS) is 10.9. The van der Waals surface area contributed by atoms with E-state index in [9.17, 15) is 4.79 Å². The van der Waals surface area contributed by atoms with Crippen molar-refractivity contribution in [1.82, 2.24) is 9.88 Å². The number of aryl methyl sites for hydroxylation is 2. The van der Waals surface area contributed by atoms with Gasteiger partial charge in [0.25, 0.3) is 0 Å². The molecule has 0 aliphatic heterocycles. The van der Waals surface area contributed by atoms with Gasteiger partial charge in [0.15, 0.2) is 0 Å². The summed E-state index contributed by atoms with van der Waals surface area (Å²) >= 11 is 0. The van der Waals surface area contributed by atoms with Crippen molar-refractivity contribution >= 4 is 16.8 Å². The maximum atomic E-state index is 12.4. The van der Waals surface area contributed by atoms with Gasteiger partial charge in [-0.25, -0.2) is 0 Å². The first-order valence-corrected chi connectivity index (χ1v) is 10.6. The highest BCUT2D eigenvalue weighted by molar-refractivity contribution is 5.85. The maximum absolute atomic E-state index is 12.4. The third-order valence-corrected chi connectivity index (χ3v) is 5.74. The first-order chi connectivity index (χ1) is 15.1. The van der Waals surface area contributed by atoms with Crippen LogP contribution in [0.2, 0.25) is 0 Å². The third-order valence-electron chi connectivity index (χ3n) is 5.74. The predicted molar refractivity (Wildman–Crippen MR) is 125 cm³/mol. The number of carbonyl (C=O) groups is 1. The molecule has 4 nitrogen and oxygen atoms in total. The second-order valence-electron chi connectivity index (χ2n) is 7.85. The molecule has 1 aromatic heterocycles. The van der Waals surface area contributed by atoms with Crippen molar-refractivity contribution in [2.45, 2.75) is 32.9 Å². The quantitative estimate of drug-likeness (QED) is 0.429. The minimum Gasteiger partial charge on any atom is -0.497 e. The van der Waals surface area contributed by atoms with Gasteiger partial charge in [-0.05, 0) is 53.8 Å². The van der Waals surface area contributed by atoms with Gasteiger partial charge in [-0.2, -0.15) is 0 Å². The van der Waals surface area contributed by atoms with Gasteiger partial charge in [-0.1, -0.05) is 54.6 Å². The molecular weight excluding hydrogens is 384 g/mol. The van der Waals surface area contributed by atoms with Crippen molar-refractivity contribution in [3.05, 3.63) is 101 Å². The van der Waals surface area contributed by atoms with Gasteiger partial charge >= 0.3 is 0 Å². The fraction of sp³-hybridized carbons (Fsp3) is 0.222. The highest BCUT2D eigenvalue weighted by Crippen LogP contribution is 2.24. The summed E-state index contributed by atoms with van der Waals surface area (Å²) in [5.74, 6) is 0.878. The Hall–Kier alpha value is -3.53. The molecule has 0 atom stereocenters. The molecule has 0 aliphatic carbocycles. The highest BCUT2D eigenvalue weighted by Gasteiger charge is 2.11. The number of ether oxygens (including phenoxy) is 1. The predicted octanol–water partition coefficient (Wildman–Crippen LogP) is 5.26. The van der Waals surface area contributed by atoms with E-state index in [1.807, 2.05) is 24.3 Å². The molecule has 1 amide bonds. The van der Waals surface area contributed by atoms with Crippen molar-refractivity contribution in [1.29, 1.82) is 0 Å². The molecule has 3 aromatic carbocycles. The van der Waals surface area contributed by atoms with Crippen LogP contribution in [-0.4, -0.2) is 17.6 Å². The number of nitrogens with zero attached hydrogens (tertiary/aromatic N) is 1. The number of nitrogens with one attached hydrogen (secondary N) is 1. The maximum Gasteiger partial charge on any atom is 0.220 e. The lowest BCUT2D eigenvalue weighted by Gasteiger charge is -2.08. The standard InChI is InChI=1S/C27H28N2O2/c1-20-7-3-4-8-22(20)18-29-19-23(25-9-5-6-10-26(25)29)13-16-27(30)28-17-21-11-14-24(31-2)15-12-21/h3-12,14-15,19H,13,16-18H2,1-2H3,(H,28,30). The molecule has 0 fully saturated rings. The summed E-state index contributed by atoms with van der Waals surface area (Å²) in [7, 11) is 1.65. The van der Waals surface area contributed by atoms with Crippen molar-refractivity contribution in [2.75, 3.05) is 7.11 Å². The number of amides is 1. The van der Waals surface area contributed by atoms with E-state index in [0.29, 0.717) is 13.0 Å². The molecule has 0 spiro atoms. The molecule has 1 N–H and O–H groups in total. The first-order valence-electron chi connectivity index (χ1n) is 10.6. The summed E-state index contributed by atoms with van der Waals surface area (Å²) in [6.45, 7) is 3.50. The van der Waals surface area contributed by atoms with Crippen LogP contribution in [0.3, 0.4) is 0 Å². The molecule has 31 heavy (non-hydrogen) atoms. The van der Waals surface area contributed by atoms with E-state index < -0.39 is 0 Å². The number of para-hydroxylation sites is 1. The number of aromatic nitrogens is 1. The Morgan fingerprint density at radius 2 is 1.68 bits per heavy atom. The van der Waals surface area contributed by atoms with Gasteiger partial charge in [0.1, 0.15) is 5.75 Å². The molecule has 4 heteroatoms. The number of hydrogen-bond donors (Lipinski definition) is 1. The number of rotatable bonds is 8. The topological polar surface area (TPSA) is 43.3 Å². The average molecular weight is 413 g/mol. The van der Waals surface area contributed by atoms with Gasteiger partial charge in [0, 0.05) is 36.6 Å². The lowest BCUT2D eigenvalue weighted by Crippen LogP contribution is -2.22. The van der Waals surface area contributed by atoms with E-state index in [-0.39, 0.29) is 5.91 Å². The van der Waals surface area contributed by atoms with Crippen molar-refractivity contribution < 1.29 is 9.53 Å². The summed E-state index contributed by atoms with van der Waals surface area (Å²) in [4.78, 5) is 12.4. The van der Waals surface area contributed by atoms with Crippen molar-refractivity contribution in [3.63, 3.8) is 0 Å². The monoisotopic (exact) mass is 412 g/mol. The Balaban J connectivity index is 1.42. The van der Waals surface area contributed by atoms with Crippen LogP contribution in [0.1, 0.15) is 28.7 Å². The van der Waals surface area contributed by atoms with Gasteiger partial charge in [-0.3, -0.25) is 4.79 Å². The summed E-state index contributed by atoms with van der Waals surface area (Å²) in [6, 6.07) is 24.7. The van der Waals surface area contributed by atoms with Gasteiger partial charge < -0.3 is 14.6 Å². The van der Waals surface area contributed by atoms with Gasteiger partial charge in [0.05, 0.1) is 7.11 Å².